The third-order valence-electron chi connectivity index (χ3n) is 1.94. The molecule has 1 aromatic rings. The second-order valence-corrected chi connectivity index (χ2v) is 3.31. The molecule has 0 bridgehead atoms. The van der Waals surface area contributed by atoms with Gasteiger partial charge in [-0.15, -0.1) is 0 Å². The molecule has 0 unspecified atom stereocenters. The summed E-state index contributed by atoms with van der Waals surface area (Å²) in [5.41, 5.74) is 2.57. The molecule has 0 amide bonds. The Bertz CT molecular complexity index is 442. The maximum Gasteiger partial charge on any atom is 0.104 e. The van der Waals surface area contributed by atoms with Crippen molar-refractivity contribution in [2.75, 3.05) is 0 Å². The molecule has 0 radical (unpaired) electrons. The molecule has 1 rings (SSSR count). The fourth-order valence-corrected chi connectivity index (χ4v) is 1.55. The predicted octanol–water partition coefficient (Wildman–Crippen LogP) is 4.11. The van der Waals surface area contributed by atoms with Crippen LogP contribution in [0.2, 0.25) is 0 Å². The van der Waals surface area contributed by atoms with E-state index < -0.39 is 0 Å². The van der Waals surface area contributed by atoms with E-state index in [9.17, 15) is 0 Å². The van der Waals surface area contributed by atoms with Crippen LogP contribution >= 0.6 is 24.4 Å². The highest BCUT2D eigenvalue weighted by Crippen LogP contribution is 2.31. The van der Waals surface area contributed by atoms with Crippen LogP contribution < -0.4 is 0 Å². The van der Waals surface area contributed by atoms with Gasteiger partial charge in [-0.05, 0) is 42.5 Å². The van der Waals surface area contributed by atoms with Crippen LogP contribution in [0.3, 0.4) is 0 Å². The van der Waals surface area contributed by atoms with E-state index in [4.69, 9.17) is 0 Å². The SMILES string of the molecule is CCCc1cccc(N=C=S)c1N=C=S. The maximum absolute atomic E-state index is 4.62. The largest absolute Gasteiger partial charge is 0.192 e. The maximum atomic E-state index is 4.62. The molecule has 0 spiro atoms. The molecule has 0 atom stereocenters. The lowest BCUT2D eigenvalue weighted by Crippen LogP contribution is -1.84. The Balaban J connectivity index is 3.33. The molecule has 4 heteroatoms. The molecule has 15 heavy (non-hydrogen) atoms. The van der Waals surface area contributed by atoms with E-state index in [1.165, 1.54) is 0 Å². The van der Waals surface area contributed by atoms with Gasteiger partial charge >= 0.3 is 0 Å². The first-order valence-electron chi connectivity index (χ1n) is 4.61. The Morgan fingerprint density at radius 1 is 1.20 bits per heavy atom. The lowest BCUT2D eigenvalue weighted by molar-refractivity contribution is 0.922. The molecule has 0 fully saturated rings. The van der Waals surface area contributed by atoms with E-state index >= 15 is 0 Å². The van der Waals surface area contributed by atoms with Crippen molar-refractivity contribution in [3.8, 4) is 0 Å². The standard InChI is InChI=1S/C11H10N2S2/c1-2-4-9-5-3-6-10(12-7-14)11(9)13-8-15/h3,5-6H,2,4H2,1H3. The topological polar surface area (TPSA) is 24.7 Å². The number of hydrogen-bond acceptors (Lipinski definition) is 4. The molecular formula is C11H10N2S2. The quantitative estimate of drug-likeness (QED) is 0.578. The van der Waals surface area contributed by atoms with Crippen molar-refractivity contribution in [3.05, 3.63) is 23.8 Å². The highest BCUT2D eigenvalue weighted by atomic mass is 32.1. The first-order chi connectivity index (χ1) is 7.33. The lowest BCUT2D eigenvalue weighted by atomic mass is 10.1. The zero-order valence-corrected chi connectivity index (χ0v) is 9.99. The summed E-state index contributed by atoms with van der Waals surface area (Å²) in [5.74, 6) is 0. The highest BCUT2D eigenvalue weighted by molar-refractivity contribution is 7.78. The zero-order chi connectivity index (χ0) is 11.1. The summed E-state index contributed by atoms with van der Waals surface area (Å²) in [6.45, 7) is 2.11. The van der Waals surface area contributed by atoms with Crippen molar-refractivity contribution in [3.63, 3.8) is 0 Å². The van der Waals surface area contributed by atoms with Crippen LogP contribution in [0.15, 0.2) is 28.2 Å². The predicted molar refractivity (Wildman–Crippen MR) is 69.8 cm³/mol. The van der Waals surface area contributed by atoms with Gasteiger partial charge in [0.1, 0.15) is 11.4 Å². The van der Waals surface area contributed by atoms with Gasteiger partial charge in [0.15, 0.2) is 0 Å². The molecule has 0 N–H and O–H groups in total. The Hall–Kier alpha value is -1.18. The molecule has 0 aliphatic carbocycles. The number of benzene rings is 1. The van der Waals surface area contributed by atoms with E-state index in [0.717, 1.165) is 24.1 Å². The summed E-state index contributed by atoms with van der Waals surface area (Å²) >= 11 is 9.20. The summed E-state index contributed by atoms with van der Waals surface area (Å²) in [5, 5.41) is 4.71. The van der Waals surface area contributed by atoms with Gasteiger partial charge in [-0.3, -0.25) is 0 Å². The van der Waals surface area contributed by atoms with Gasteiger partial charge in [-0.25, -0.2) is 0 Å². The van der Waals surface area contributed by atoms with Crippen molar-refractivity contribution in [2.24, 2.45) is 9.98 Å². The number of rotatable bonds is 4. The molecule has 0 aromatic heterocycles. The minimum absolute atomic E-state index is 0.702. The monoisotopic (exact) mass is 234 g/mol. The van der Waals surface area contributed by atoms with Gasteiger partial charge in [-0.1, -0.05) is 25.5 Å². The van der Waals surface area contributed by atoms with Crippen molar-refractivity contribution in [1.82, 2.24) is 0 Å². The number of nitrogens with zero attached hydrogens (tertiary/aromatic N) is 2. The summed E-state index contributed by atoms with van der Waals surface area (Å²) in [6, 6.07) is 5.78. The lowest BCUT2D eigenvalue weighted by Gasteiger charge is -2.04. The third kappa shape index (κ3) is 3.15. The Morgan fingerprint density at radius 3 is 2.53 bits per heavy atom. The van der Waals surface area contributed by atoms with Crippen molar-refractivity contribution in [1.29, 1.82) is 0 Å². The van der Waals surface area contributed by atoms with E-state index in [0.29, 0.717) is 5.69 Å². The van der Waals surface area contributed by atoms with Crippen LogP contribution in [-0.4, -0.2) is 10.3 Å². The second-order valence-electron chi connectivity index (χ2n) is 2.94. The second kappa shape index (κ2) is 6.33. The van der Waals surface area contributed by atoms with E-state index in [-0.39, 0.29) is 0 Å². The first-order valence-corrected chi connectivity index (χ1v) is 5.42. The van der Waals surface area contributed by atoms with Crippen LogP contribution in [0.1, 0.15) is 18.9 Å². The van der Waals surface area contributed by atoms with E-state index in [1.807, 2.05) is 18.2 Å². The van der Waals surface area contributed by atoms with Crippen molar-refractivity contribution >= 4 is 46.1 Å². The van der Waals surface area contributed by atoms with Gasteiger partial charge < -0.3 is 0 Å². The number of hydrogen-bond donors (Lipinski definition) is 0. The van der Waals surface area contributed by atoms with Gasteiger partial charge in [0.2, 0.25) is 0 Å². The molecule has 2 nitrogen and oxygen atoms in total. The minimum atomic E-state index is 0.702. The van der Waals surface area contributed by atoms with Gasteiger partial charge in [0.05, 0.1) is 10.3 Å². The number of aliphatic imine (C=N–C) groups is 2. The smallest absolute Gasteiger partial charge is 0.104 e. The van der Waals surface area contributed by atoms with Gasteiger partial charge in [0, 0.05) is 0 Å². The number of isothiocyanates is 2. The Labute approximate surface area is 99.8 Å². The van der Waals surface area contributed by atoms with Crippen LogP contribution in [-0.2, 0) is 6.42 Å². The first kappa shape index (κ1) is 11.9. The molecule has 0 saturated carbocycles. The Morgan fingerprint density at radius 2 is 1.93 bits per heavy atom. The average molecular weight is 234 g/mol. The fourth-order valence-electron chi connectivity index (χ4n) is 1.36. The van der Waals surface area contributed by atoms with Crippen LogP contribution in [0, 0.1) is 0 Å². The molecule has 0 aliphatic heterocycles. The van der Waals surface area contributed by atoms with Crippen LogP contribution in [0.25, 0.3) is 0 Å². The molecule has 0 saturated heterocycles. The van der Waals surface area contributed by atoms with Crippen LogP contribution in [0.4, 0.5) is 11.4 Å². The highest BCUT2D eigenvalue weighted by Gasteiger charge is 2.05. The molecule has 1 aromatic carbocycles. The summed E-state index contributed by atoms with van der Waals surface area (Å²) in [7, 11) is 0. The zero-order valence-electron chi connectivity index (χ0n) is 8.36. The number of aryl methyl sites for hydroxylation is 1. The average Bonchev–Trinajstić information content (AvgIpc) is 2.23. The van der Waals surface area contributed by atoms with Gasteiger partial charge in [0.25, 0.3) is 0 Å². The summed E-state index contributed by atoms with van der Waals surface area (Å²) in [6.07, 6.45) is 1.99. The summed E-state index contributed by atoms with van der Waals surface area (Å²) < 4.78 is 0. The van der Waals surface area contributed by atoms with Gasteiger partial charge in [-0.2, -0.15) is 9.98 Å². The number of para-hydroxylation sites is 1. The van der Waals surface area contributed by atoms with Crippen LogP contribution in [0.5, 0.6) is 0 Å². The molecule has 0 aliphatic rings. The normalized spacial score (nSPS) is 8.87. The minimum Gasteiger partial charge on any atom is -0.192 e. The van der Waals surface area contributed by atoms with E-state index in [2.05, 4.69) is 51.7 Å². The van der Waals surface area contributed by atoms with Crippen molar-refractivity contribution in [2.45, 2.75) is 19.8 Å². The van der Waals surface area contributed by atoms with E-state index in [1.54, 1.807) is 0 Å². The number of thiocarbonyl (C=S) groups is 2. The Kier molecular flexibility index (Phi) is 5.02. The van der Waals surface area contributed by atoms with Crippen molar-refractivity contribution < 1.29 is 0 Å². The fraction of sp³-hybridized carbons (Fsp3) is 0.273. The third-order valence-corrected chi connectivity index (χ3v) is 2.12. The summed E-state index contributed by atoms with van der Waals surface area (Å²) in [4.78, 5) is 7.98. The molecular weight excluding hydrogens is 224 g/mol. The molecule has 76 valence electrons. The molecule has 0 heterocycles.